The third-order valence-electron chi connectivity index (χ3n) is 19.0. The molecule has 0 saturated heterocycles. The third-order valence-corrected chi connectivity index (χ3v) is 20.9. The lowest BCUT2D eigenvalue weighted by atomic mass is 9.99. The molecule has 3 unspecified atom stereocenters. The smallest absolute Gasteiger partial charge is 0.462 e. The zero-order chi connectivity index (χ0) is 73.0. The second-order valence-electron chi connectivity index (χ2n) is 30.0. The van der Waals surface area contributed by atoms with Gasteiger partial charge in [-0.25, -0.2) is 9.13 Å². The number of rotatable bonds is 78. The molecule has 0 heterocycles. The van der Waals surface area contributed by atoms with E-state index in [2.05, 4.69) is 48.5 Å². The van der Waals surface area contributed by atoms with Crippen molar-refractivity contribution >= 4 is 39.5 Å². The molecule has 0 aliphatic rings. The van der Waals surface area contributed by atoms with Crippen molar-refractivity contribution in [3.05, 3.63) is 0 Å². The summed E-state index contributed by atoms with van der Waals surface area (Å²) in [4.78, 5) is 73.0. The average molecular weight is 1450 g/mol. The molecule has 0 spiro atoms. The first-order valence-electron chi connectivity index (χ1n) is 41.4. The molecule has 6 atom stereocenters. The van der Waals surface area contributed by atoms with Gasteiger partial charge in [-0.05, 0) is 43.4 Å². The molecule has 0 aliphatic heterocycles. The number of phosphoric acid groups is 2. The van der Waals surface area contributed by atoms with Crippen LogP contribution >= 0.6 is 15.6 Å². The summed E-state index contributed by atoms with van der Waals surface area (Å²) in [6.07, 6.45) is 58.3. The molecule has 19 heteroatoms. The summed E-state index contributed by atoms with van der Waals surface area (Å²) in [5, 5.41) is 10.6. The SMILES string of the molecule is CCCCCCCCCCCCCCCCCCCCCCCC(=O)O[C@H](COC(=O)CCCCCCCCCCCCC(C)CC)COP(=O)(O)OC[C@@H](O)COP(=O)(O)OC[C@@H](COC(=O)CCCCCCCCCCCC(C)C)OC(=O)CCCCCCCCCCCC(C)C. The summed E-state index contributed by atoms with van der Waals surface area (Å²) < 4.78 is 68.7. The van der Waals surface area contributed by atoms with Crippen LogP contribution in [-0.2, 0) is 65.4 Å². The largest absolute Gasteiger partial charge is 0.472 e. The first-order chi connectivity index (χ1) is 47.8. The maximum atomic E-state index is 13.1. The van der Waals surface area contributed by atoms with E-state index < -0.39 is 97.5 Å². The molecule has 0 bridgehead atoms. The van der Waals surface area contributed by atoms with E-state index in [1.165, 1.54) is 225 Å². The van der Waals surface area contributed by atoms with E-state index in [1.807, 2.05) is 0 Å². The maximum Gasteiger partial charge on any atom is 0.472 e. The lowest BCUT2D eigenvalue weighted by Crippen LogP contribution is -2.30. The Morgan fingerprint density at radius 2 is 0.515 bits per heavy atom. The molecule has 588 valence electrons. The van der Waals surface area contributed by atoms with Crippen LogP contribution in [0.2, 0.25) is 0 Å². The fourth-order valence-corrected chi connectivity index (χ4v) is 13.9. The second-order valence-corrected chi connectivity index (χ2v) is 32.9. The molecular weight excluding hydrogens is 1290 g/mol. The van der Waals surface area contributed by atoms with Crippen LogP contribution in [0.15, 0.2) is 0 Å². The first kappa shape index (κ1) is 97.1. The van der Waals surface area contributed by atoms with Gasteiger partial charge in [-0.15, -0.1) is 0 Å². The molecule has 99 heavy (non-hydrogen) atoms. The zero-order valence-corrected chi connectivity index (χ0v) is 66.8. The van der Waals surface area contributed by atoms with Crippen LogP contribution in [0.3, 0.4) is 0 Å². The van der Waals surface area contributed by atoms with Crippen molar-refractivity contribution in [2.45, 2.75) is 433 Å². The summed E-state index contributed by atoms with van der Waals surface area (Å²) in [5.41, 5.74) is 0. The number of aliphatic hydroxyl groups is 1. The van der Waals surface area contributed by atoms with Crippen LogP contribution in [0.4, 0.5) is 0 Å². The summed E-state index contributed by atoms with van der Waals surface area (Å²) >= 11 is 0. The number of aliphatic hydroxyl groups excluding tert-OH is 1. The summed E-state index contributed by atoms with van der Waals surface area (Å²) in [7, 11) is -9.92. The van der Waals surface area contributed by atoms with Crippen molar-refractivity contribution in [1.82, 2.24) is 0 Å². The minimum absolute atomic E-state index is 0.105. The second kappa shape index (κ2) is 70.4. The van der Waals surface area contributed by atoms with E-state index in [9.17, 15) is 43.2 Å². The average Bonchev–Trinajstić information content (AvgIpc) is 0.957. The monoisotopic (exact) mass is 1450 g/mol. The first-order valence-corrected chi connectivity index (χ1v) is 44.4. The maximum absolute atomic E-state index is 13.1. The van der Waals surface area contributed by atoms with Crippen molar-refractivity contribution < 1.29 is 80.2 Å². The Balaban J connectivity index is 5.23. The van der Waals surface area contributed by atoms with Gasteiger partial charge in [0.1, 0.15) is 19.3 Å². The zero-order valence-electron chi connectivity index (χ0n) is 65.0. The van der Waals surface area contributed by atoms with E-state index in [1.54, 1.807) is 0 Å². The highest BCUT2D eigenvalue weighted by Crippen LogP contribution is 2.45. The summed E-state index contributed by atoms with van der Waals surface area (Å²) in [6, 6.07) is 0. The van der Waals surface area contributed by atoms with E-state index in [0.717, 1.165) is 108 Å². The molecule has 0 amide bonds. The van der Waals surface area contributed by atoms with Gasteiger partial charge < -0.3 is 33.8 Å². The fourth-order valence-electron chi connectivity index (χ4n) is 12.3. The molecule has 3 N–H and O–H groups in total. The number of esters is 4. The van der Waals surface area contributed by atoms with E-state index >= 15 is 0 Å². The van der Waals surface area contributed by atoms with Crippen LogP contribution in [0.1, 0.15) is 414 Å². The number of carbonyl (C=O) groups is 4. The number of hydrogen-bond donors (Lipinski definition) is 3. The highest BCUT2D eigenvalue weighted by molar-refractivity contribution is 7.47. The molecular formula is C80H156O17P2. The van der Waals surface area contributed by atoms with E-state index in [0.29, 0.717) is 25.7 Å². The Kier molecular flexibility index (Phi) is 69.0. The lowest BCUT2D eigenvalue weighted by molar-refractivity contribution is -0.161. The number of unbranched alkanes of at least 4 members (excludes halogenated alkanes) is 45. The van der Waals surface area contributed by atoms with Gasteiger partial charge in [-0.1, -0.05) is 363 Å². The molecule has 0 aromatic carbocycles. The van der Waals surface area contributed by atoms with Gasteiger partial charge in [0.25, 0.3) is 0 Å². The lowest BCUT2D eigenvalue weighted by Gasteiger charge is -2.21. The van der Waals surface area contributed by atoms with Crippen LogP contribution in [0.25, 0.3) is 0 Å². The Labute approximate surface area is 607 Å². The van der Waals surface area contributed by atoms with Gasteiger partial charge in [-0.3, -0.25) is 37.3 Å². The summed E-state index contributed by atoms with van der Waals surface area (Å²) in [6.45, 7) is 11.9. The van der Waals surface area contributed by atoms with Gasteiger partial charge in [0, 0.05) is 25.7 Å². The number of ether oxygens (including phenoxy) is 4. The predicted octanol–water partition coefficient (Wildman–Crippen LogP) is 23.7. The number of phosphoric ester groups is 2. The fraction of sp³-hybridized carbons (Fsp3) is 0.950. The van der Waals surface area contributed by atoms with Gasteiger partial charge in [0.2, 0.25) is 0 Å². The molecule has 0 aromatic heterocycles. The minimum atomic E-state index is -4.96. The molecule has 0 aliphatic carbocycles. The molecule has 17 nitrogen and oxygen atoms in total. The highest BCUT2D eigenvalue weighted by atomic mass is 31.2. The Morgan fingerprint density at radius 3 is 0.768 bits per heavy atom. The molecule has 0 fully saturated rings. The van der Waals surface area contributed by atoms with Crippen LogP contribution in [0.5, 0.6) is 0 Å². The predicted molar refractivity (Wildman–Crippen MR) is 405 cm³/mol. The molecule has 0 radical (unpaired) electrons. The Morgan fingerprint density at radius 1 is 0.293 bits per heavy atom. The normalized spacial score (nSPS) is 14.3. The van der Waals surface area contributed by atoms with Crippen molar-refractivity contribution in [2.24, 2.45) is 17.8 Å². The van der Waals surface area contributed by atoms with Gasteiger partial charge in [0.15, 0.2) is 12.2 Å². The van der Waals surface area contributed by atoms with Crippen molar-refractivity contribution in [3.8, 4) is 0 Å². The standard InChI is InChI=1S/C80H156O17P2/c1-8-10-11-12-13-14-15-16-17-18-19-20-21-22-23-24-25-34-42-49-56-63-79(84)96-75(67-90-77(82)61-54-47-40-33-27-26-32-39-46-53-60-73(7)9-2)69-94-98(86,87)92-65-74(81)66-93-99(88,89)95-70-76(97-80(85)64-57-50-43-36-29-31-38-45-52-59-72(5)6)68-91-78(83)62-55-48-41-35-28-30-37-44-51-58-71(3)4/h71-76,81H,8-70H2,1-7H3,(H,86,87)(H,88,89)/t73?,74-,75-,76-/m1/s1. The topological polar surface area (TPSA) is 237 Å². The molecule has 0 aromatic rings. The molecule has 0 saturated carbocycles. The number of hydrogen-bond acceptors (Lipinski definition) is 15. The van der Waals surface area contributed by atoms with Gasteiger partial charge >= 0.3 is 39.5 Å². The van der Waals surface area contributed by atoms with Crippen LogP contribution in [-0.4, -0.2) is 96.7 Å². The van der Waals surface area contributed by atoms with Crippen molar-refractivity contribution in [3.63, 3.8) is 0 Å². The van der Waals surface area contributed by atoms with Gasteiger partial charge in [0.05, 0.1) is 26.4 Å². The quantitative estimate of drug-likeness (QED) is 0.0222. The van der Waals surface area contributed by atoms with Crippen molar-refractivity contribution in [2.75, 3.05) is 39.6 Å². The van der Waals surface area contributed by atoms with Gasteiger partial charge in [-0.2, -0.15) is 0 Å². The van der Waals surface area contributed by atoms with Crippen molar-refractivity contribution in [1.29, 1.82) is 0 Å². The highest BCUT2D eigenvalue weighted by Gasteiger charge is 2.30. The number of carbonyl (C=O) groups excluding carboxylic acids is 4. The molecule has 0 rings (SSSR count). The Bertz CT molecular complexity index is 1920. The van der Waals surface area contributed by atoms with E-state index in [-0.39, 0.29) is 25.7 Å². The summed E-state index contributed by atoms with van der Waals surface area (Å²) in [5.74, 6) is 0.175. The van der Waals surface area contributed by atoms with Crippen LogP contribution in [0, 0.1) is 17.8 Å². The Hall–Kier alpha value is -1.94. The third kappa shape index (κ3) is 72.8. The minimum Gasteiger partial charge on any atom is -0.462 e. The van der Waals surface area contributed by atoms with Crippen LogP contribution < -0.4 is 0 Å². The van der Waals surface area contributed by atoms with E-state index in [4.69, 9.17) is 37.0 Å².